The SMILES string of the molecule is CSc1ccc2cc3cc4ccccc4cc3cc2c1SC. The molecule has 0 saturated heterocycles. The van der Waals surface area contributed by atoms with E-state index < -0.39 is 0 Å². The summed E-state index contributed by atoms with van der Waals surface area (Å²) in [6.45, 7) is 0. The summed E-state index contributed by atoms with van der Waals surface area (Å²) >= 11 is 3.66. The standard InChI is InChI=1S/C20H16S2/c1-21-19-8-7-15-11-16-9-13-5-3-4-6-14(13)10-17(16)12-18(15)20(19)22-2/h3-12H,1-2H3. The van der Waals surface area contributed by atoms with Crippen LogP contribution in [-0.2, 0) is 0 Å². The summed E-state index contributed by atoms with van der Waals surface area (Å²) in [6, 6.07) is 22.3. The van der Waals surface area contributed by atoms with Gasteiger partial charge in [0, 0.05) is 9.79 Å². The van der Waals surface area contributed by atoms with Gasteiger partial charge in [0.25, 0.3) is 0 Å². The Morgan fingerprint density at radius 2 is 1.23 bits per heavy atom. The lowest BCUT2D eigenvalue weighted by atomic mass is 10.00. The molecule has 0 fully saturated rings. The van der Waals surface area contributed by atoms with E-state index in [9.17, 15) is 0 Å². The molecule has 4 aromatic carbocycles. The first-order chi connectivity index (χ1) is 10.8. The van der Waals surface area contributed by atoms with Crippen molar-refractivity contribution in [2.75, 3.05) is 12.5 Å². The van der Waals surface area contributed by atoms with Crippen molar-refractivity contribution in [3.8, 4) is 0 Å². The van der Waals surface area contributed by atoms with Crippen molar-refractivity contribution >= 4 is 55.8 Å². The maximum absolute atomic E-state index is 2.35. The fourth-order valence-electron chi connectivity index (χ4n) is 3.09. The largest absolute Gasteiger partial charge is 0.128 e. The zero-order valence-electron chi connectivity index (χ0n) is 12.6. The Hall–Kier alpha value is -1.64. The molecular weight excluding hydrogens is 304 g/mol. The van der Waals surface area contributed by atoms with Gasteiger partial charge in [-0.15, -0.1) is 23.5 Å². The van der Waals surface area contributed by atoms with Gasteiger partial charge in [-0.1, -0.05) is 30.3 Å². The molecule has 0 aliphatic heterocycles. The Morgan fingerprint density at radius 3 is 1.86 bits per heavy atom. The third-order valence-electron chi connectivity index (χ3n) is 4.18. The number of hydrogen-bond donors (Lipinski definition) is 0. The first-order valence-corrected chi connectivity index (χ1v) is 9.72. The predicted octanol–water partition coefficient (Wildman–Crippen LogP) is 6.59. The summed E-state index contributed by atoms with van der Waals surface area (Å²) in [6.07, 6.45) is 4.31. The van der Waals surface area contributed by atoms with Gasteiger partial charge in [0.05, 0.1) is 0 Å². The maximum atomic E-state index is 2.35. The van der Waals surface area contributed by atoms with E-state index >= 15 is 0 Å². The molecule has 4 aromatic rings. The van der Waals surface area contributed by atoms with E-state index in [1.54, 1.807) is 0 Å². The topological polar surface area (TPSA) is 0 Å². The summed E-state index contributed by atoms with van der Waals surface area (Å²) in [4.78, 5) is 2.75. The number of thioether (sulfide) groups is 2. The Labute approximate surface area is 138 Å². The van der Waals surface area contributed by atoms with Gasteiger partial charge in [0.2, 0.25) is 0 Å². The molecule has 0 N–H and O–H groups in total. The van der Waals surface area contributed by atoms with Crippen LogP contribution in [-0.4, -0.2) is 12.5 Å². The van der Waals surface area contributed by atoms with Crippen molar-refractivity contribution in [2.45, 2.75) is 9.79 Å². The van der Waals surface area contributed by atoms with Crippen LogP contribution in [0.2, 0.25) is 0 Å². The molecule has 0 radical (unpaired) electrons. The summed E-state index contributed by atoms with van der Waals surface area (Å²) < 4.78 is 0. The normalized spacial score (nSPS) is 11.5. The Kier molecular flexibility index (Phi) is 3.51. The lowest BCUT2D eigenvalue weighted by Gasteiger charge is -2.11. The molecule has 4 rings (SSSR count). The van der Waals surface area contributed by atoms with Crippen LogP contribution >= 0.6 is 23.5 Å². The van der Waals surface area contributed by atoms with Gasteiger partial charge in [0.15, 0.2) is 0 Å². The lowest BCUT2D eigenvalue weighted by Crippen LogP contribution is -1.84. The molecule has 0 nitrogen and oxygen atoms in total. The summed E-state index contributed by atoms with van der Waals surface area (Å²) in [5.41, 5.74) is 0. The second kappa shape index (κ2) is 5.53. The van der Waals surface area contributed by atoms with Crippen molar-refractivity contribution in [3.05, 3.63) is 60.7 Å². The Balaban J connectivity index is 2.12. The van der Waals surface area contributed by atoms with E-state index in [2.05, 4.69) is 73.2 Å². The third kappa shape index (κ3) is 2.18. The molecule has 0 amide bonds. The van der Waals surface area contributed by atoms with Gasteiger partial charge >= 0.3 is 0 Å². The van der Waals surface area contributed by atoms with Crippen LogP contribution < -0.4 is 0 Å². The highest BCUT2D eigenvalue weighted by Crippen LogP contribution is 2.37. The van der Waals surface area contributed by atoms with Crippen molar-refractivity contribution in [2.24, 2.45) is 0 Å². The molecule has 0 heterocycles. The van der Waals surface area contributed by atoms with Crippen LogP contribution in [0, 0.1) is 0 Å². The smallest absolute Gasteiger partial charge is 0.0284 e. The second-order valence-corrected chi connectivity index (χ2v) is 7.09. The molecule has 0 spiro atoms. The Morgan fingerprint density at radius 1 is 0.591 bits per heavy atom. The molecular formula is C20H16S2. The molecule has 0 aliphatic rings. The monoisotopic (exact) mass is 320 g/mol. The molecule has 0 unspecified atom stereocenters. The van der Waals surface area contributed by atoms with E-state index in [1.165, 1.54) is 42.1 Å². The van der Waals surface area contributed by atoms with Crippen LogP contribution in [0.25, 0.3) is 32.3 Å². The van der Waals surface area contributed by atoms with E-state index in [4.69, 9.17) is 0 Å². The van der Waals surface area contributed by atoms with Gasteiger partial charge in [-0.25, -0.2) is 0 Å². The molecule has 0 bridgehead atoms. The van der Waals surface area contributed by atoms with Crippen LogP contribution in [0.15, 0.2) is 70.5 Å². The van der Waals surface area contributed by atoms with Gasteiger partial charge in [-0.2, -0.15) is 0 Å². The van der Waals surface area contributed by atoms with Crippen molar-refractivity contribution in [1.29, 1.82) is 0 Å². The zero-order chi connectivity index (χ0) is 15.1. The van der Waals surface area contributed by atoms with E-state index in [-0.39, 0.29) is 0 Å². The van der Waals surface area contributed by atoms with Crippen LogP contribution in [0.4, 0.5) is 0 Å². The quantitative estimate of drug-likeness (QED) is 0.302. The molecule has 0 atom stereocenters. The molecule has 0 saturated carbocycles. The minimum absolute atomic E-state index is 1.31. The van der Waals surface area contributed by atoms with Crippen molar-refractivity contribution in [1.82, 2.24) is 0 Å². The fraction of sp³-hybridized carbons (Fsp3) is 0.100. The molecule has 0 aliphatic carbocycles. The number of rotatable bonds is 2. The minimum atomic E-state index is 1.31. The number of hydrogen-bond acceptors (Lipinski definition) is 2. The zero-order valence-corrected chi connectivity index (χ0v) is 14.2. The molecule has 0 aromatic heterocycles. The molecule has 22 heavy (non-hydrogen) atoms. The average Bonchev–Trinajstić information content (AvgIpc) is 2.57. The highest BCUT2D eigenvalue weighted by molar-refractivity contribution is 8.01. The lowest BCUT2D eigenvalue weighted by molar-refractivity contribution is 1.31. The Bertz CT molecular complexity index is 1000. The van der Waals surface area contributed by atoms with Crippen LogP contribution in [0.3, 0.4) is 0 Å². The highest BCUT2D eigenvalue weighted by atomic mass is 32.2. The summed E-state index contributed by atoms with van der Waals surface area (Å²) in [5.74, 6) is 0. The highest BCUT2D eigenvalue weighted by Gasteiger charge is 2.08. The molecule has 2 heteroatoms. The first-order valence-electron chi connectivity index (χ1n) is 7.27. The van der Waals surface area contributed by atoms with Crippen LogP contribution in [0.5, 0.6) is 0 Å². The van der Waals surface area contributed by atoms with Gasteiger partial charge in [0.1, 0.15) is 0 Å². The van der Waals surface area contributed by atoms with Gasteiger partial charge in [-0.05, 0) is 75.2 Å². The number of fused-ring (bicyclic) bond motifs is 3. The second-order valence-electron chi connectivity index (χ2n) is 5.42. The minimum Gasteiger partial charge on any atom is -0.128 e. The van der Waals surface area contributed by atoms with Gasteiger partial charge in [-0.3, -0.25) is 0 Å². The van der Waals surface area contributed by atoms with Crippen LogP contribution in [0.1, 0.15) is 0 Å². The van der Waals surface area contributed by atoms with Crippen molar-refractivity contribution in [3.63, 3.8) is 0 Å². The van der Waals surface area contributed by atoms with E-state index in [0.29, 0.717) is 0 Å². The van der Waals surface area contributed by atoms with E-state index in [1.807, 2.05) is 23.5 Å². The molecule has 108 valence electrons. The summed E-state index contributed by atoms with van der Waals surface area (Å²) in [5, 5.41) is 7.93. The maximum Gasteiger partial charge on any atom is 0.0284 e. The predicted molar refractivity (Wildman–Crippen MR) is 103 cm³/mol. The summed E-state index contributed by atoms with van der Waals surface area (Å²) in [7, 11) is 0. The average molecular weight is 320 g/mol. The first kappa shape index (κ1) is 14.0. The van der Waals surface area contributed by atoms with Crippen molar-refractivity contribution < 1.29 is 0 Å². The number of benzene rings is 4. The van der Waals surface area contributed by atoms with Gasteiger partial charge < -0.3 is 0 Å². The fourth-order valence-corrected chi connectivity index (χ4v) is 4.75. The third-order valence-corrected chi connectivity index (χ3v) is 5.94. The van der Waals surface area contributed by atoms with E-state index in [0.717, 1.165) is 0 Å².